The Morgan fingerprint density at radius 3 is 2.96 bits per heavy atom. The van der Waals surface area contributed by atoms with Gasteiger partial charge in [0.25, 0.3) is 5.91 Å². The van der Waals surface area contributed by atoms with Crippen LogP contribution in [-0.2, 0) is 12.8 Å². The summed E-state index contributed by atoms with van der Waals surface area (Å²) in [5.74, 6) is 0.126. The Kier molecular flexibility index (Phi) is 5.33. The molecule has 0 radical (unpaired) electrons. The molecule has 0 aromatic carbocycles. The van der Waals surface area contributed by atoms with E-state index in [1.165, 1.54) is 17.1 Å². The summed E-state index contributed by atoms with van der Waals surface area (Å²) in [6.07, 6.45) is 9.63. The molecule has 0 bridgehead atoms. The van der Waals surface area contributed by atoms with Crippen LogP contribution in [0.2, 0.25) is 0 Å². The van der Waals surface area contributed by atoms with Gasteiger partial charge < -0.3 is 4.90 Å². The second-order valence-corrected chi connectivity index (χ2v) is 6.74. The quantitative estimate of drug-likeness (QED) is 0.816. The van der Waals surface area contributed by atoms with Crippen LogP contribution in [0.25, 0.3) is 0 Å². The second-order valence-electron chi connectivity index (χ2n) is 5.99. The standard InChI is InChI=1S/C17H22N4OS/c1-2-4-15-16(23-20-19-15)17(22)21-12-3-5-14(21)7-6-13-8-10-18-11-9-13/h8-11,14H,2-7,12H2,1H3/t14-/m1/s1. The van der Waals surface area contributed by atoms with E-state index in [1.807, 2.05) is 29.4 Å². The van der Waals surface area contributed by atoms with Crippen LogP contribution in [-0.4, -0.2) is 38.0 Å². The monoisotopic (exact) mass is 330 g/mol. The Morgan fingerprint density at radius 2 is 2.17 bits per heavy atom. The largest absolute Gasteiger partial charge is 0.335 e. The number of aromatic nitrogens is 3. The van der Waals surface area contributed by atoms with Crippen LogP contribution in [0.3, 0.4) is 0 Å². The normalized spacial score (nSPS) is 17.6. The topological polar surface area (TPSA) is 59.0 Å². The fourth-order valence-electron chi connectivity index (χ4n) is 3.19. The zero-order valence-electron chi connectivity index (χ0n) is 13.4. The van der Waals surface area contributed by atoms with Gasteiger partial charge in [0.1, 0.15) is 4.88 Å². The molecule has 1 atom stereocenters. The van der Waals surface area contributed by atoms with E-state index in [2.05, 4.69) is 21.5 Å². The minimum absolute atomic E-state index is 0.126. The van der Waals surface area contributed by atoms with Crippen molar-refractivity contribution < 1.29 is 4.79 Å². The Hall–Kier alpha value is -1.82. The van der Waals surface area contributed by atoms with Crippen molar-refractivity contribution >= 4 is 17.4 Å². The molecule has 1 amide bonds. The molecule has 1 fully saturated rings. The van der Waals surface area contributed by atoms with Crippen molar-refractivity contribution in [1.82, 2.24) is 19.5 Å². The summed E-state index contributed by atoms with van der Waals surface area (Å²) in [5, 5.41) is 4.13. The maximum atomic E-state index is 12.9. The van der Waals surface area contributed by atoms with Crippen molar-refractivity contribution in [1.29, 1.82) is 0 Å². The Morgan fingerprint density at radius 1 is 1.35 bits per heavy atom. The Bertz CT molecular complexity index is 643. The minimum atomic E-state index is 0.126. The lowest BCUT2D eigenvalue weighted by Gasteiger charge is -2.24. The lowest BCUT2D eigenvalue weighted by molar-refractivity contribution is 0.0734. The van der Waals surface area contributed by atoms with Crippen molar-refractivity contribution in [2.45, 2.75) is 51.5 Å². The van der Waals surface area contributed by atoms with E-state index < -0.39 is 0 Å². The summed E-state index contributed by atoms with van der Waals surface area (Å²) in [4.78, 5) is 19.7. The maximum absolute atomic E-state index is 12.9. The summed E-state index contributed by atoms with van der Waals surface area (Å²) < 4.78 is 3.99. The van der Waals surface area contributed by atoms with E-state index in [0.717, 1.165) is 55.6 Å². The predicted molar refractivity (Wildman–Crippen MR) is 90.5 cm³/mol. The number of carbonyl (C=O) groups is 1. The van der Waals surface area contributed by atoms with Crippen molar-refractivity contribution in [3.63, 3.8) is 0 Å². The van der Waals surface area contributed by atoms with Gasteiger partial charge in [-0.3, -0.25) is 9.78 Å². The molecule has 0 N–H and O–H groups in total. The number of nitrogens with zero attached hydrogens (tertiary/aromatic N) is 4. The molecule has 3 rings (SSSR count). The lowest BCUT2D eigenvalue weighted by atomic mass is 10.0. The van der Waals surface area contributed by atoms with E-state index >= 15 is 0 Å². The third kappa shape index (κ3) is 3.75. The van der Waals surface area contributed by atoms with Gasteiger partial charge in [-0.1, -0.05) is 17.8 Å². The summed E-state index contributed by atoms with van der Waals surface area (Å²) in [6.45, 7) is 2.95. The van der Waals surface area contributed by atoms with Gasteiger partial charge in [0.15, 0.2) is 0 Å². The number of carbonyl (C=O) groups excluding carboxylic acids is 1. The van der Waals surface area contributed by atoms with Gasteiger partial charge in [0.05, 0.1) is 5.69 Å². The van der Waals surface area contributed by atoms with Gasteiger partial charge in [-0.2, -0.15) is 0 Å². The SMILES string of the molecule is CCCc1nnsc1C(=O)N1CCC[C@@H]1CCc1ccncc1. The summed E-state index contributed by atoms with van der Waals surface area (Å²) in [6, 6.07) is 4.42. The van der Waals surface area contributed by atoms with Crippen LogP contribution in [0.5, 0.6) is 0 Å². The molecule has 2 aromatic rings. The average Bonchev–Trinajstić information content (AvgIpc) is 3.23. The van der Waals surface area contributed by atoms with E-state index in [0.29, 0.717) is 6.04 Å². The second kappa shape index (κ2) is 7.64. The molecule has 23 heavy (non-hydrogen) atoms. The van der Waals surface area contributed by atoms with Crippen molar-refractivity contribution in [2.75, 3.05) is 6.54 Å². The summed E-state index contributed by atoms with van der Waals surface area (Å²) in [7, 11) is 0. The average molecular weight is 330 g/mol. The van der Waals surface area contributed by atoms with Crippen LogP contribution >= 0.6 is 11.5 Å². The number of pyridine rings is 1. The Labute approximate surface area is 140 Å². The van der Waals surface area contributed by atoms with Gasteiger partial charge in [0.2, 0.25) is 0 Å². The third-order valence-corrected chi connectivity index (χ3v) is 5.15. The molecule has 1 aliphatic heterocycles. The number of aryl methyl sites for hydroxylation is 2. The van der Waals surface area contributed by atoms with Gasteiger partial charge in [-0.05, 0) is 61.3 Å². The van der Waals surface area contributed by atoms with Crippen LogP contribution < -0.4 is 0 Å². The number of hydrogen-bond donors (Lipinski definition) is 0. The van der Waals surface area contributed by atoms with Gasteiger partial charge in [0, 0.05) is 25.0 Å². The summed E-state index contributed by atoms with van der Waals surface area (Å²) in [5.41, 5.74) is 2.15. The van der Waals surface area contributed by atoms with E-state index in [4.69, 9.17) is 0 Å². The molecule has 0 unspecified atom stereocenters. The number of likely N-dealkylation sites (tertiary alicyclic amines) is 1. The van der Waals surface area contributed by atoms with Crippen molar-refractivity contribution in [3.05, 3.63) is 40.7 Å². The third-order valence-electron chi connectivity index (χ3n) is 4.39. The molecule has 0 spiro atoms. The molecule has 1 saturated heterocycles. The highest BCUT2D eigenvalue weighted by molar-refractivity contribution is 7.08. The van der Waals surface area contributed by atoms with E-state index in [1.54, 1.807) is 0 Å². The number of rotatable bonds is 6. The van der Waals surface area contributed by atoms with Gasteiger partial charge in [-0.15, -0.1) is 5.10 Å². The number of hydrogen-bond acceptors (Lipinski definition) is 5. The predicted octanol–water partition coefficient (Wildman–Crippen LogP) is 3.12. The highest BCUT2D eigenvalue weighted by Gasteiger charge is 2.31. The molecule has 3 heterocycles. The first-order valence-corrected chi connectivity index (χ1v) is 9.08. The van der Waals surface area contributed by atoms with Crippen molar-refractivity contribution in [3.8, 4) is 0 Å². The summed E-state index contributed by atoms with van der Waals surface area (Å²) >= 11 is 1.24. The first-order chi connectivity index (χ1) is 11.3. The molecule has 1 aliphatic rings. The molecule has 122 valence electrons. The van der Waals surface area contributed by atoms with Crippen LogP contribution in [0.4, 0.5) is 0 Å². The molecule has 2 aromatic heterocycles. The van der Waals surface area contributed by atoms with Crippen LogP contribution in [0.15, 0.2) is 24.5 Å². The highest BCUT2D eigenvalue weighted by Crippen LogP contribution is 2.26. The number of amides is 1. The first kappa shape index (κ1) is 16.1. The molecular weight excluding hydrogens is 308 g/mol. The molecule has 0 aliphatic carbocycles. The zero-order valence-corrected chi connectivity index (χ0v) is 14.3. The zero-order chi connectivity index (χ0) is 16.1. The molecular formula is C17H22N4OS. The lowest BCUT2D eigenvalue weighted by Crippen LogP contribution is -2.35. The molecule has 5 nitrogen and oxygen atoms in total. The van der Waals surface area contributed by atoms with Crippen molar-refractivity contribution in [2.24, 2.45) is 0 Å². The van der Waals surface area contributed by atoms with E-state index in [-0.39, 0.29) is 5.91 Å². The first-order valence-electron chi connectivity index (χ1n) is 8.30. The van der Waals surface area contributed by atoms with Gasteiger partial charge in [-0.25, -0.2) is 0 Å². The highest BCUT2D eigenvalue weighted by atomic mass is 32.1. The van der Waals surface area contributed by atoms with E-state index in [9.17, 15) is 4.79 Å². The molecule has 6 heteroatoms. The van der Waals surface area contributed by atoms with Gasteiger partial charge >= 0.3 is 0 Å². The minimum Gasteiger partial charge on any atom is -0.335 e. The fourth-order valence-corrected chi connectivity index (χ4v) is 3.85. The van der Waals surface area contributed by atoms with Crippen LogP contribution in [0, 0.1) is 0 Å². The smallest absolute Gasteiger partial charge is 0.267 e. The van der Waals surface area contributed by atoms with Crippen LogP contribution in [0.1, 0.15) is 53.5 Å². The maximum Gasteiger partial charge on any atom is 0.267 e. The fraction of sp³-hybridized carbons (Fsp3) is 0.529. The molecule has 0 saturated carbocycles. The Balaban J connectivity index is 1.66.